The van der Waals surface area contributed by atoms with Crippen molar-refractivity contribution in [3.8, 4) is 0 Å². The highest BCUT2D eigenvalue weighted by atomic mass is 35.5. The molecule has 0 unspecified atom stereocenters. The highest BCUT2D eigenvalue weighted by Crippen LogP contribution is 2.25. The number of nitrogens with one attached hydrogen (secondary N) is 1. The van der Waals surface area contributed by atoms with Crippen molar-refractivity contribution in [3.05, 3.63) is 42.7 Å². The molecule has 2 heterocycles. The molecule has 1 atom stereocenters. The van der Waals surface area contributed by atoms with Gasteiger partial charge in [-0.15, -0.1) is 31.4 Å². The van der Waals surface area contributed by atoms with Gasteiger partial charge in [-0.2, -0.15) is 0 Å². The molecule has 0 spiro atoms. The fraction of sp³-hybridized carbons (Fsp3) is 0.500. The van der Waals surface area contributed by atoms with E-state index in [9.17, 15) is 0 Å². The number of pyridine rings is 1. The lowest BCUT2D eigenvalue weighted by molar-refractivity contribution is 0.166. The Balaban J connectivity index is 0.00000162. The monoisotopic (exact) mass is 303 g/mol. The van der Waals surface area contributed by atoms with Crippen molar-refractivity contribution in [2.75, 3.05) is 26.2 Å². The van der Waals surface area contributed by atoms with E-state index in [1.807, 2.05) is 24.5 Å². The summed E-state index contributed by atoms with van der Waals surface area (Å²) in [5.74, 6) is 0. The number of rotatable bonds is 5. The average Bonchev–Trinajstić information content (AvgIpc) is 2.42. The van der Waals surface area contributed by atoms with E-state index in [4.69, 9.17) is 0 Å². The summed E-state index contributed by atoms with van der Waals surface area (Å²) in [4.78, 5) is 6.79. The number of piperazine rings is 1. The minimum absolute atomic E-state index is 0. The number of hydrogen-bond donors (Lipinski definition) is 1. The molecule has 0 bridgehead atoms. The largest absolute Gasteiger partial charge is 0.314 e. The molecule has 1 aromatic rings. The average molecular weight is 304 g/mol. The van der Waals surface area contributed by atoms with E-state index < -0.39 is 0 Å². The third-order valence-corrected chi connectivity index (χ3v) is 3.31. The molecule has 0 saturated carbocycles. The predicted octanol–water partition coefficient (Wildman–Crippen LogP) is 2.84. The van der Waals surface area contributed by atoms with Gasteiger partial charge in [0.25, 0.3) is 0 Å². The van der Waals surface area contributed by atoms with Crippen molar-refractivity contribution < 1.29 is 0 Å². The number of hydrogen-bond acceptors (Lipinski definition) is 3. The van der Waals surface area contributed by atoms with Gasteiger partial charge in [-0.25, -0.2) is 0 Å². The molecule has 0 aliphatic carbocycles. The molecule has 1 fully saturated rings. The second-order valence-corrected chi connectivity index (χ2v) is 4.45. The number of halogens is 2. The minimum Gasteiger partial charge on any atom is -0.314 e. The normalized spacial score (nSPS) is 16.8. The summed E-state index contributed by atoms with van der Waals surface area (Å²) in [7, 11) is 0. The molecular formula is C14H23Cl2N3. The first kappa shape index (κ1) is 18.4. The summed E-state index contributed by atoms with van der Waals surface area (Å²) in [6.45, 7) is 8.24. The SMILES string of the molecule is C=CCC[C@@H](c1cccnc1)N1CCNCC1.Cl.Cl. The number of nitrogens with zero attached hydrogens (tertiary/aromatic N) is 2. The first-order valence-corrected chi connectivity index (χ1v) is 6.37. The van der Waals surface area contributed by atoms with Gasteiger partial charge in [0.2, 0.25) is 0 Å². The highest BCUT2D eigenvalue weighted by molar-refractivity contribution is 5.85. The zero-order valence-electron chi connectivity index (χ0n) is 11.1. The number of allylic oxidation sites excluding steroid dienone is 1. The molecule has 0 amide bonds. The van der Waals surface area contributed by atoms with E-state index in [0.29, 0.717) is 6.04 Å². The summed E-state index contributed by atoms with van der Waals surface area (Å²) in [5.41, 5.74) is 1.33. The lowest BCUT2D eigenvalue weighted by atomic mass is 10.0. The van der Waals surface area contributed by atoms with Crippen molar-refractivity contribution in [2.24, 2.45) is 0 Å². The third kappa shape index (κ3) is 5.49. The Kier molecular flexibility index (Phi) is 9.88. The fourth-order valence-corrected chi connectivity index (χ4v) is 2.40. The maximum Gasteiger partial charge on any atom is 0.0367 e. The first-order chi connectivity index (χ1) is 8.42. The van der Waals surface area contributed by atoms with Crippen molar-refractivity contribution in [1.82, 2.24) is 15.2 Å². The summed E-state index contributed by atoms with van der Waals surface area (Å²) in [6, 6.07) is 4.70. The van der Waals surface area contributed by atoms with Crippen LogP contribution in [0.2, 0.25) is 0 Å². The van der Waals surface area contributed by atoms with Crippen LogP contribution < -0.4 is 5.32 Å². The molecule has 2 rings (SSSR count). The van der Waals surface area contributed by atoms with Crippen LogP contribution in [0.15, 0.2) is 37.2 Å². The Bertz CT molecular complexity index is 340. The zero-order valence-corrected chi connectivity index (χ0v) is 12.8. The molecule has 3 nitrogen and oxygen atoms in total. The van der Waals surface area contributed by atoms with E-state index >= 15 is 0 Å². The molecule has 1 saturated heterocycles. The van der Waals surface area contributed by atoms with Gasteiger partial charge < -0.3 is 5.32 Å². The first-order valence-electron chi connectivity index (χ1n) is 6.37. The smallest absolute Gasteiger partial charge is 0.0367 e. The number of aromatic nitrogens is 1. The Hall–Kier alpha value is -0.610. The maximum atomic E-state index is 4.24. The van der Waals surface area contributed by atoms with Gasteiger partial charge >= 0.3 is 0 Å². The molecular weight excluding hydrogens is 281 g/mol. The van der Waals surface area contributed by atoms with Gasteiger partial charge in [0, 0.05) is 44.6 Å². The fourth-order valence-electron chi connectivity index (χ4n) is 2.40. The Morgan fingerprint density at radius 3 is 2.68 bits per heavy atom. The molecule has 0 aromatic carbocycles. The second-order valence-electron chi connectivity index (χ2n) is 4.45. The van der Waals surface area contributed by atoms with Gasteiger partial charge in [-0.1, -0.05) is 12.1 Å². The molecule has 1 aliphatic heterocycles. The van der Waals surface area contributed by atoms with E-state index in [0.717, 1.165) is 39.0 Å². The van der Waals surface area contributed by atoms with Crippen molar-refractivity contribution in [3.63, 3.8) is 0 Å². The molecule has 5 heteroatoms. The summed E-state index contributed by atoms with van der Waals surface area (Å²) >= 11 is 0. The molecule has 1 aliphatic rings. The molecule has 19 heavy (non-hydrogen) atoms. The summed E-state index contributed by atoms with van der Waals surface area (Å²) < 4.78 is 0. The second kappa shape index (κ2) is 10.2. The van der Waals surface area contributed by atoms with Crippen molar-refractivity contribution in [2.45, 2.75) is 18.9 Å². The maximum absolute atomic E-state index is 4.24. The van der Waals surface area contributed by atoms with Gasteiger partial charge in [-0.3, -0.25) is 9.88 Å². The van der Waals surface area contributed by atoms with Gasteiger partial charge in [0.05, 0.1) is 0 Å². The van der Waals surface area contributed by atoms with Crippen LogP contribution in [0.1, 0.15) is 24.4 Å². The van der Waals surface area contributed by atoms with Crippen LogP contribution in [-0.2, 0) is 0 Å². The van der Waals surface area contributed by atoms with Gasteiger partial charge in [0.15, 0.2) is 0 Å². The lowest BCUT2D eigenvalue weighted by Crippen LogP contribution is -2.45. The van der Waals surface area contributed by atoms with Gasteiger partial charge in [-0.05, 0) is 24.5 Å². The van der Waals surface area contributed by atoms with Gasteiger partial charge in [0.1, 0.15) is 0 Å². The van der Waals surface area contributed by atoms with Crippen LogP contribution in [0.5, 0.6) is 0 Å². The van der Waals surface area contributed by atoms with Crippen molar-refractivity contribution in [1.29, 1.82) is 0 Å². The van der Waals surface area contributed by atoms with Crippen LogP contribution in [0.25, 0.3) is 0 Å². The summed E-state index contributed by atoms with van der Waals surface area (Å²) in [5, 5.41) is 3.40. The topological polar surface area (TPSA) is 28.2 Å². The molecule has 1 aromatic heterocycles. The molecule has 0 radical (unpaired) electrons. The quantitative estimate of drug-likeness (QED) is 0.848. The van der Waals surface area contributed by atoms with Crippen molar-refractivity contribution >= 4 is 24.8 Å². The van der Waals surface area contributed by atoms with E-state index in [1.165, 1.54) is 5.56 Å². The standard InChI is InChI=1S/C14H21N3.2ClH/c1-2-3-6-14(13-5-4-7-16-12-13)17-10-8-15-9-11-17;;/h2,4-5,7,12,14-15H,1,3,6,8-11H2;2*1H/t14-;;/m0../s1. The van der Waals surface area contributed by atoms with Crippen LogP contribution >= 0.6 is 24.8 Å². The Morgan fingerprint density at radius 1 is 1.37 bits per heavy atom. The minimum atomic E-state index is 0. The van der Waals surface area contributed by atoms with E-state index in [2.05, 4.69) is 27.8 Å². The predicted molar refractivity (Wildman–Crippen MR) is 85.3 cm³/mol. The third-order valence-electron chi connectivity index (χ3n) is 3.31. The van der Waals surface area contributed by atoms with Crippen LogP contribution in [0.3, 0.4) is 0 Å². The molecule has 108 valence electrons. The van der Waals surface area contributed by atoms with Crippen LogP contribution in [0, 0.1) is 0 Å². The Morgan fingerprint density at radius 2 is 2.11 bits per heavy atom. The Labute approximate surface area is 128 Å². The van der Waals surface area contributed by atoms with Crippen LogP contribution in [-0.4, -0.2) is 36.1 Å². The molecule has 1 N–H and O–H groups in total. The van der Waals surface area contributed by atoms with E-state index in [-0.39, 0.29) is 24.8 Å². The summed E-state index contributed by atoms with van der Waals surface area (Å²) in [6.07, 6.45) is 8.03. The lowest BCUT2D eigenvalue weighted by Gasteiger charge is -2.35. The van der Waals surface area contributed by atoms with E-state index in [1.54, 1.807) is 0 Å². The van der Waals surface area contributed by atoms with Crippen LogP contribution in [0.4, 0.5) is 0 Å². The highest BCUT2D eigenvalue weighted by Gasteiger charge is 2.21. The zero-order chi connectivity index (χ0) is 11.9.